The standard InChI is InChI=1S/C11H8O3.3F2.FH/c1-14-10-6-9(12)7-4-2-3-5-8(7)11(10)13;3*1-2;/h2-6H,1H3;;;;1H. The molecular weight excluding hydrogens is 313 g/mol. The second kappa shape index (κ2) is 14.0. The number of allylic oxidation sites excluding steroid dienone is 2. The summed E-state index contributed by atoms with van der Waals surface area (Å²) in [5, 5.41) is 0. The average Bonchev–Trinajstić information content (AvgIpc) is 2.56. The number of Topliss-reactive ketones (excluding diaryl/α,β-unsaturated/α-hetero) is 1. The van der Waals surface area contributed by atoms with Gasteiger partial charge in [-0.1, -0.05) is 24.3 Å². The fourth-order valence-corrected chi connectivity index (χ4v) is 1.44. The number of hydrogen-bond donors (Lipinski definition) is 0. The van der Waals surface area contributed by atoms with Crippen molar-refractivity contribution in [1.29, 1.82) is 0 Å². The topological polar surface area (TPSA) is 43.4 Å². The predicted octanol–water partition coefficient (Wildman–Crippen LogP) is 4.27. The van der Waals surface area contributed by atoms with Crippen LogP contribution in [0.3, 0.4) is 0 Å². The minimum absolute atomic E-state index is 0. The van der Waals surface area contributed by atoms with Gasteiger partial charge in [-0.2, -0.15) is 0 Å². The minimum atomic E-state index is -0.234. The van der Waals surface area contributed by atoms with Gasteiger partial charge in [0.1, 0.15) is 0 Å². The van der Waals surface area contributed by atoms with Gasteiger partial charge in [-0.3, -0.25) is 14.3 Å². The van der Waals surface area contributed by atoms with Crippen molar-refractivity contribution < 1.29 is 46.5 Å². The fourth-order valence-electron chi connectivity index (χ4n) is 1.44. The Morgan fingerprint density at radius 3 is 1.71 bits per heavy atom. The molecule has 0 amide bonds. The highest BCUT2D eigenvalue weighted by atomic mass is 20.0. The van der Waals surface area contributed by atoms with Crippen molar-refractivity contribution in [2.45, 2.75) is 0 Å². The molecule has 1 aliphatic carbocycles. The second-order valence-electron chi connectivity index (χ2n) is 2.95. The number of ether oxygens (including phenoxy) is 1. The summed E-state index contributed by atoms with van der Waals surface area (Å²) in [6.45, 7) is 0. The highest BCUT2D eigenvalue weighted by molar-refractivity contribution is 6.23. The number of carbonyl (C=O) groups excluding carboxylic acids is 2. The van der Waals surface area contributed by atoms with Crippen LogP contribution in [0.15, 0.2) is 36.1 Å². The maximum absolute atomic E-state index is 11.6. The number of methoxy groups -OCH3 is 1. The van der Waals surface area contributed by atoms with Crippen molar-refractivity contribution in [1.82, 2.24) is 0 Å². The van der Waals surface area contributed by atoms with Crippen LogP contribution in [0.5, 0.6) is 0 Å². The van der Waals surface area contributed by atoms with Crippen LogP contribution in [0, 0.1) is 0 Å². The van der Waals surface area contributed by atoms with Crippen LogP contribution in [-0.2, 0) is 4.74 Å². The first-order chi connectivity index (χ1) is 9.74. The third-order valence-corrected chi connectivity index (χ3v) is 2.14. The number of fused-ring (bicyclic) bond motifs is 1. The van der Waals surface area contributed by atoms with Gasteiger partial charge < -0.3 is 4.74 Å². The monoisotopic (exact) mass is 322 g/mol. The van der Waals surface area contributed by atoms with E-state index < -0.39 is 0 Å². The van der Waals surface area contributed by atoms with E-state index in [9.17, 15) is 9.59 Å². The maximum Gasteiger partial charge on any atom is 0.228 e. The molecule has 0 aliphatic heterocycles. The van der Waals surface area contributed by atoms with E-state index in [0.29, 0.717) is 11.1 Å². The molecule has 0 N–H and O–H groups in total. The Kier molecular flexibility index (Phi) is 15.8. The molecule has 10 heteroatoms. The van der Waals surface area contributed by atoms with Crippen LogP contribution in [0.2, 0.25) is 0 Å². The van der Waals surface area contributed by atoms with Gasteiger partial charge in [0.05, 0.1) is 7.11 Å². The van der Waals surface area contributed by atoms with Crippen molar-refractivity contribution in [2.75, 3.05) is 7.11 Å². The zero-order chi connectivity index (χ0) is 16.1. The van der Waals surface area contributed by atoms with E-state index in [1.54, 1.807) is 24.3 Å². The van der Waals surface area contributed by atoms with Gasteiger partial charge >= 0.3 is 0 Å². The van der Waals surface area contributed by atoms with Gasteiger partial charge in [0.25, 0.3) is 0 Å². The van der Waals surface area contributed by atoms with Crippen LogP contribution >= 0.6 is 0 Å². The van der Waals surface area contributed by atoms with E-state index in [0.717, 1.165) is 0 Å². The van der Waals surface area contributed by atoms with Crippen molar-refractivity contribution in [3.63, 3.8) is 0 Å². The summed E-state index contributed by atoms with van der Waals surface area (Å²) in [7, 11) is 1.38. The largest absolute Gasteiger partial charge is 0.492 e. The molecular formula is C11H9F7O3. The molecule has 0 bridgehead atoms. The summed E-state index contributed by atoms with van der Waals surface area (Å²) in [4.78, 5) is 23.1. The smallest absolute Gasteiger partial charge is 0.228 e. The first-order valence-corrected chi connectivity index (χ1v) is 4.60. The normalized spacial score (nSPS) is 10.7. The van der Waals surface area contributed by atoms with Gasteiger partial charge in [-0.25, -0.2) is 0 Å². The number of halogens is 7. The van der Waals surface area contributed by atoms with E-state index in [4.69, 9.17) is 32.2 Å². The molecule has 0 saturated heterocycles. The molecule has 0 aromatic heterocycles. The first-order valence-electron chi connectivity index (χ1n) is 4.60. The van der Waals surface area contributed by atoms with Crippen molar-refractivity contribution in [3.05, 3.63) is 47.2 Å². The molecule has 0 radical (unpaired) electrons. The minimum Gasteiger partial charge on any atom is -0.492 e. The predicted molar refractivity (Wildman–Crippen MR) is 59.3 cm³/mol. The van der Waals surface area contributed by atoms with Gasteiger partial charge in [-0.05, 0) is 0 Å². The lowest BCUT2D eigenvalue weighted by molar-refractivity contribution is 0.0916. The highest BCUT2D eigenvalue weighted by Crippen LogP contribution is 2.20. The Labute approximate surface area is 113 Å². The SMILES string of the molecule is COC1=CC(=O)c2ccccc2C1=O.F.FF.FF.FF. The van der Waals surface area contributed by atoms with Gasteiger partial charge in [0, 0.05) is 44.6 Å². The number of ketones is 2. The summed E-state index contributed by atoms with van der Waals surface area (Å²) in [5.41, 5.74) is 0.857. The van der Waals surface area contributed by atoms with E-state index in [2.05, 4.69) is 0 Å². The average molecular weight is 322 g/mol. The van der Waals surface area contributed by atoms with Crippen LogP contribution in [0.4, 0.5) is 32.1 Å². The molecule has 0 spiro atoms. The Balaban J connectivity index is -0.000000414. The molecule has 1 aromatic carbocycles. The third-order valence-electron chi connectivity index (χ3n) is 2.14. The molecule has 21 heavy (non-hydrogen) atoms. The summed E-state index contributed by atoms with van der Waals surface area (Å²) in [6, 6.07) is 6.72. The molecule has 2 rings (SSSR count). The van der Waals surface area contributed by atoms with Crippen LogP contribution in [0.1, 0.15) is 20.7 Å². The number of benzene rings is 1. The molecule has 1 aromatic rings. The fraction of sp³-hybridized carbons (Fsp3) is 0.0909. The molecule has 0 saturated carbocycles. The van der Waals surface area contributed by atoms with Gasteiger partial charge in [0.15, 0.2) is 11.5 Å². The Morgan fingerprint density at radius 1 is 0.857 bits per heavy atom. The lowest BCUT2D eigenvalue weighted by atomic mass is 9.94. The third kappa shape index (κ3) is 6.06. The van der Waals surface area contributed by atoms with E-state index in [1.165, 1.54) is 13.2 Å². The van der Waals surface area contributed by atoms with E-state index >= 15 is 0 Å². The maximum atomic E-state index is 11.6. The lowest BCUT2D eigenvalue weighted by Gasteiger charge is -2.12. The molecule has 1 aliphatic rings. The lowest BCUT2D eigenvalue weighted by Crippen LogP contribution is -2.17. The molecule has 0 fully saturated rings. The number of rotatable bonds is 1. The van der Waals surface area contributed by atoms with E-state index in [-0.39, 0.29) is 22.0 Å². The molecule has 0 atom stereocenters. The quantitative estimate of drug-likeness (QED) is 0.725. The summed E-state index contributed by atoms with van der Waals surface area (Å²) in [5.74, 6) is -0.312. The van der Waals surface area contributed by atoms with Crippen molar-refractivity contribution >= 4 is 11.6 Å². The number of carbonyl (C=O) groups is 2. The summed E-state index contributed by atoms with van der Waals surface area (Å²) >= 11 is 0. The Hall–Kier alpha value is -2.39. The molecule has 3 nitrogen and oxygen atoms in total. The first kappa shape index (κ1) is 23.7. The van der Waals surface area contributed by atoms with Crippen LogP contribution in [0.25, 0.3) is 0 Å². The van der Waals surface area contributed by atoms with Crippen LogP contribution in [-0.4, -0.2) is 18.7 Å². The summed E-state index contributed by atoms with van der Waals surface area (Å²) < 4.78 is 52.8. The highest BCUT2D eigenvalue weighted by Gasteiger charge is 2.25. The van der Waals surface area contributed by atoms with Gasteiger partial charge in [0.2, 0.25) is 5.78 Å². The second-order valence-corrected chi connectivity index (χ2v) is 2.95. The zero-order valence-electron chi connectivity index (χ0n) is 10.3. The van der Waals surface area contributed by atoms with E-state index in [1.807, 2.05) is 0 Å². The van der Waals surface area contributed by atoms with Crippen molar-refractivity contribution in [3.8, 4) is 0 Å². The molecule has 0 heterocycles. The molecule has 0 unspecified atom stereocenters. The Bertz CT molecular complexity index is 463. The van der Waals surface area contributed by atoms with Gasteiger partial charge in [-0.15, -0.1) is 0 Å². The Morgan fingerprint density at radius 2 is 1.29 bits per heavy atom. The summed E-state index contributed by atoms with van der Waals surface area (Å²) in [6.07, 6.45) is 1.23. The molecule has 120 valence electrons. The van der Waals surface area contributed by atoms with Crippen molar-refractivity contribution in [2.24, 2.45) is 0 Å². The number of hydrogen-bond acceptors (Lipinski definition) is 3. The zero-order valence-corrected chi connectivity index (χ0v) is 10.3. The van der Waals surface area contributed by atoms with Crippen LogP contribution < -0.4 is 0 Å².